The van der Waals surface area contributed by atoms with Crippen LogP contribution in [0.4, 0.5) is 5.69 Å². The fraction of sp³-hybridized carbons (Fsp3) is 0.154. The van der Waals surface area contributed by atoms with E-state index in [1.165, 1.54) is 6.07 Å². The lowest BCUT2D eigenvalue weighted by molar-refractivity contribution is 0.101. The maximum atomic E-state index is 12.9. The number of ketones is 1. The van der Waals surface area contributed by atoms with Crippen molar-refractivity contribution in [3.05, 3.63) is 71.7 Å². The third-order valence-corrected chi connectivity index (χ3v) is 6.21. The van der Waals surface area contributed by atoms with E-state index in [9.17, 15) is 9.90 Å². The smallest absolute Gasteiger partial charge is 0.235 e. The highest BCUT2D eigenvalue weighted by Crippen LogP contribution is 2.40. The molecule has 7 nitrogen and oxygen atoms in total. The van der Waals surface area contributed by atoms with Crippen molar-refractivity contribution in [3.63, 3.8) is 0 Å². The number of hydrogen-bond donors (Lipinski definition) is 1. The number of likely N-dealkylation sites (N-methyl/N-ethyl adjacent to an activating group) is 1. The van der Waals surface area contributed by atoms with Gasteiger partial charge in [-0.1, -0.05) is 12.1 Å². The molecule has 0 bridgehead atoms. The SMILES string of the molecule is CN1CCOc2cc(-c3ccnc4c3c(/C=C3\Oc5cccc(O)c5C3=O)cn4C)ccc21. The molecule has 2 aromatic heterocycles. The Morgan fingerprint density at radius 2 is 2.00 bits per heavy atom. The van der Waals surface area contributed by atoms with Gasteiger partial charge in [-0.3, -0.25) is 4.79 Å². The van der Waals surface area contributed by atoms with Gasteiger partial charge >= 0.3 is 0 Å². The molecular formula is C26H21N3O4. The largest absolute Gasteiger partial charge is 0.507 e. The zero-order valence-electron chi connectivity index (χ0n) is 18.2. The van der Waals surface area contributed by atoms with Crippen molar-refractivity contribution in [3.8, 4) is 28.4 Å². The fourth-order valence-corrected chi connectivity index (χ4v) is 4.57. The molecule has 33 heavy (non-hydrogen) atoms. The van der Waals surface area contributed by atoms with E-state index in [1.54, 1.807) is 24.4 Å². The average molecular weight is 439 g/mol. The molecule has 0 spiro atoms. The van der Waals surface area contributed by atoms with Crippen LogP contribution in [0.25, 0.3) is 28.2 Å². The van der Waals surface area contributed by atoms with Gasteiger partial charge in [0, 0.05) is 37.4 Å². The van der Waals surface area contributed by atoms with Crippen LogP contribution in [0.5, 0.6) is 17.2 Å². The number of aryl methyl sites for hydroxylation is 1. The van der Waals surface area contributed by atoms with E-state index >= 15 is 0 Å². The Hall–Kier alpha value is -4.26. The van der Waals surface area contributed by atoms with Crippen LogP contribution >= 0.6 is 0 Å². The van der Waals surface area contributed by atoms with Gasteiger partial charge in [0.15, 0.2) is 5.76 Å². The Kier molecular flexibility index (Phi) is 4.20. The quantitative estimate of drug-likeness (QED) is 0.467. The number of carbonyl (C=O) groups is 1. The first-order chi connectivity index (χ1) is 16.0. The summed E-state index contributed by atoms with van der Waals surface area (Å²) in [5, 5.41) is 11.0. The number of benzene rings is 2. The summed E-state index contributed by atoms with van der Waals surface area (Å²) in [5.41, 5.74) is 4.84. The summed E-state index contributed by atoms with van der Waals surface area (Å²) in [6.07, 6.45) is 5.43. The number of allylic oxidation sites excluding steroid dienone is 1. The average Bonchev–Trinajstić information content (AvgIpc) is 3.31. The van der Waals surface area contributed by atoms with E-state index in [-0.39, 0.29) is 22.9 Å². The number of ether oxygens (including phenoxy) is 2. The number of fused-ring (bicyclic) bond motifs is 3. The van der Waals surface area contributed by atoms with E-state index in [4.69, 9.17) is 9.47 Å². The van der Waals surface area contributed by atoms with Crippen LogP contribution in [0.1, 0.15) is 15.9 Å². The number of phenols is 1. The number of aromatic nitrogens is 2. The Morgan fingerprint density at radius 1 is 1.12 bits per heavy atom. The number of carbonyl (C=O) groups excluding carboxylic acids is 1. The van der Waals surface area contributed by atoms with Crippen molar-refractivity contribution < 1.29 is 19.4 Å². The molecule has 7 heteroatoms. The van der Waals surface area contributed by atoms with E-state index in [0.29, 0.717) is 12.4 Å². The third kappa shape index (κ3) is 2.96. The summed E-state index contributed by atoms with van der Waals surface area (Å²) in [6, 6.07) is 13.0. The number of Topliss-reactive ketones (excluding diaryl/α,β-unsaturated/α-hetero) is 1. The lowest BCUT2D eigenvalue weighted by Gasteiger charge is -2.28. The van der Waals surface area contributed by atoms with Crippen LogP contribution in [0.15, 0.2) is 60.6 Å². The highest BCUT2D eigenvalue weighted by molar-refractivity contribution is 6.17. The molecule has 0 atom stereocenters. The maximum absolute atomic E-state index is 12.9. The summed E-state index contributed by atoms with van der Waals surface area (Å²) in [6.45, 7) is 1.50. The van der Waals surface area contributed by atoms with Crippen LogP contribution in [-0.4, -0.2) is 40.6 Å². The second-order valence-electron chi connectivity index (χ2n) is 8.30. The second-order valence-corrected chi connectivity index (χ2v) is 8.30. The molecule has 2 aliphatic rings. The first-order valence-corrected chi connectivity index (χ1v) is 10.7. The van der Waals surface area contributed by atoms with Crippen molar-refractivity contribution in [2.75, 3.05) is 25.1 Å². The zero-order valence-corrected chi connectivity index (χ0v) is 18.2. The first kappa shape index (κ1) is 19.4. The van der Waals surface area contributed by atoms with E-state index in [2.05, 4.69) is 35.1 Å². The Morgan fingerprint density at radius 3 is 2.85 bits per heavy atom. The Balaban J connectivity index is 1.50. The molecule has 1 N–H and O–H groups in total. The molecule has 6 rings (SSSR count). The number of hydrogen-bond acceptors (Lipinski definition) is 6. The van der Waals surface area contributed by atoms with Gasteiger partial charge in [0.25, 0.3) is 0 Å². The number of phenolic OH excluding ortho intramolecular Hbond substituents is 1. The van der Waals surface area contributed by atoms with Gasteiger partial charge in [-0.05, 0) is 47.5 Å². The summed E-state index contributed by atoms with van der Waals surface area (Å²) >= 11 is 0. The number of aromatic hydroxyl groups is 1. The summed E-state index contributed by atoms with van der Waals surface area (Å²) in [4.78, 5) is 19.7. The third-order valence-electron chi connectivity index (χ3n) is 6.21. The van der Waals surface area contributed by atoms with E-state index in [0.717, 1.165) is 45.7 Å². The van der Waals surface area contributed by atoms with Gasteiger partial charge in [-0.2, -0.15) is 0 Å². The van der Waals surface area contributed by atoms with Crippen molar-refractivity contribution in [2.45, 2.75) is 0 Å². The molecule has 4 heterocycles. The lowest BCUT2D eigenvalue weighted by atomic mass is 9.99. The minimum absolute atomic E-state index is 0.0831. The van der Waals surface area contributed by atoms with Crippen molar-refractivity contribution in [2.24, 2.45) is 7.05 Å². The Labute approximate surface area is 190 Å². The molecular weight excluding hydrogens is 418 g/mol. The van der Waals surface area contributed by atoms with Gasteiger partial charge < -0.3 is 24.0 Å². The molecule has 0 saturated carbocycles. The molecule has 164 valence electrons. The Bertz CT molecular complexity index is 1480. The lowest BCUT2D eigenvalue weighted by Crippen LogP contribution is -2.28. The topological polar surface area (TPSA) is 76.8 Å². The molecule has 0 amide bonds. The van der Waals surface area contributed by atoms with Crippen LogP contribution in [0, 0.1) is 0 Å². The number of nitrogens with zero attached hydrogens (tertiary/aromatic N) is 3. The maximum Gasteiger partial charge on any atom is 0.235 e. The zero-order chi connectivity index (χ0) is 22.7. The van der Waals surface area contributed by atoms with E-state index in [1.807, 2.05) is 23.9 Å². The minimum Gasteiger partial charge on any atom is -0.507 e. The molecule has 0 radical (unpaired) electrons. The van der Waals surface area contributed by atoms with Gasteiger partial charge in [0.2, 0.25) is 5.78 Å². The van der Waals surface area contributed by atoms with Crippen LogP contribution in [-0.2, 0) is 7.05 Å². The first-order valence-electron chi connectivity index (χ1n) is 10.7. The highest BCUT2D eigenvalue weighted by atomic mass is 16.5. The van der Waals surface area contributed by atoms with Crippen LogP contribution in [0.3, 0.4) is 0 Å². The number of anilines is 1. The highest BCUT2D eigenvalue weighted by Gasteiger charge is 2.30. The number of rotatable bonds is 2. The summed E-state index contributed by atoms with van der Waals surface area (Å²) in [5.74, 6) is 0.961. The van der Waals surface area contributed by atoms with Crippen molar-refractivity contribution in [1.82, 2.24) is 9.55 Å². The molecule has 2 aliphatic heterocycles. The second kappa shape index (κ2) is 7.13. The molecule has 4 aromatic rings. The van der Waals surface area contributed by atoms with Crippen molar-refractivity contribution in [1.29, 1.82) is 0 Å². The van der Waals surface area contributed by atoms with Crippen LogP contribution in [0.2, 0.25) is 0 Å². The van der Waals surface area contributed by atoms with Gasteiger partial charge in [0.05, 0.1) is 12.2 Å². The van der Waals surface area contributed by atoms with Crippen molar-refractivity contribution >= 4 is 28.6 Å². The monoisotopic (exact) mass is 439 g/mol. The summed E-state index contributed by atoms with van der Waals surface area (Å²) < 4.78 is 13.6. The molecule has 0 saturated heterocycles. The van der Waals surface area contributed by atoms with Gasteiger partial charge in [-0.25, -0.2) is 4.98 Å². The number of pyridine rings is 1. The normalized spacial score (nSPS) is 16.0. The molecule has 0 unspecified atom stereocenters. The fourth-order valence-electron chi connectivity index (χ4n) is 4.57. The molecule has 0 fully saturated rings. The molecule has 0 aliphatic carbocycles. The summed E-state index contributed by atoms with van der Waals surface area (Å²) in [7, 11) is 3.98. The van der Waals surface area contributed by atoms with Crippen LogP contribution < -0.4 is 14.4 Å². The standard InChI is InChI=1S/C26H21N3O4/c1-28-10-11-32-21-12-15(6-7-18(21)28)17-8-9-27-26-23(17)16(14-29(26)2)13-22-25(31)24-19(30)4-3-5-20(24)33-22/h3-9,12-14,30H,10-11H2,1-2H3/b22-13-. The minimum atomic E-state index is -0.337. The van der Waals surface area contributed by atoms with Gasteiger partial charge in [0.1, 0.15) is 35.1 Å². The van der Waals surface area contributed by atoms with E-state index < -0.39 is 0 Å². The van der Waals surface area contributed by atoms with Gasteiger partial charge in [-0.15, -0.1) is 0 Å². The predicted molar refractivity (Wildman–Crippen MR) is 126 cm³/mol. The predicted octanol–water partition coefficient (Wildman–Crippen LogP) is 4.39. The molecule has 2 aromatic carbocycles.